The van der Waals surface area contributed by atoms with E-state index in [2.05, 4.69) is 15.3 Å². The molecule has 3 rings (SSSR count). The Morgan fingerprint density at radius 1 is 1.45 bits per heavy atom. The summed E-state index contributed by atoms with van der Waals surface area (Å²) in [5, 5.41) is 11.5. The van der Waals surface area contributed by atoms with E-state index in [0.29, 0.717) is 13.0 Å². The van der Waals surface area contributed by atoms with Crippen LogP contribution >= 0.6 is 0 Å². The van der Waals surface area contributed by atoms with Gasteiger partial charge in [-0.3, -0.25) is 14.8 Å². The molecule has 1 aromatic heterocycles. The van der Waals surface area contributed by atoms with E-state index in [9.17, 15) is 14.4 Å². The molecule has 1 saturated carbocycles. The van der Waals surface area contributed by atoms with Crippen molar-refractivity contribution in [2.75, 3.05) is 18.9 Å². The molecule has 2 amide bonds. The molecule has 1 aromatic rings. The molecular weight excluding hydrogens is 374 g/mol. The molecule has 2 heterocycles. The van der Waals surface area contributed by atoms with Crippen molar-refractivity contribution >= 4 is 23.9 Å². The number of rotatable bonds is 8. The minimum Gasteiger partial charge on any atom is -0.373 e. The first kappa shape index (κ1) is 22.7. The van der Waals surface area contributed by atoms with Gasteiger partial charge in [0.15, 0.2) is 0 Å². The molecule has 0 aromatic carbocycles. The van der Waals surface area contributed by atoms with Gasteiger partial charge in [0.2, 0.25) is 11.8 Å². The van der Waals surface area contributed by atoms with Gasteiger partial charge in [-0.05, 0) is 37.2 Å². The molecule has 9 heteroatoms. The van der Waals surface area contributed by atoms with E-state index in [1.807, 2.05) is 14.0 Å². The van der Waals surface area contributed by atoms with Gasteiger partial charge in [0.25, 0.3) is 0 Å². The van der Waals surface area contributed by atoms with Crippen molar-refractivity contribution in [3.8, 4) is 0 Å². The van der Waals surface area contributed by atoms with Crippen LogP contribution in [0.25, 0.3) is 0 Å². The number of hydroxylamine groups is 1. The Morgan fingerprint density at radius 3 is 2.69 bits per heavy atom. The second kappa shape index (κ2) is 10.8. The maximum Gasteiger partial charge on any atom is 0.244 e. The number of aldehydes is 1. The molecule has 2 aliphatic rings. The van der Waals surface area contributed by atoms with Crippen LogP contribution in [0.15, 0.2) is 18.6 Å². The quantitative estimate of drug-likeness (QED) is 0.342. The zero-order valence-electron chi connectivity index (χ0n) is 17.1. The summed E-state index contributed by atoms with van der Waals surface area (Å²) in [5.41, 5.74) is 1.75. The zero-order valence-corrected chi connectivity index (χ0v) is 17.1. The van der Waals surface area contributed by atoms with Gasteiger partial charge in [-0.15, -0.1) is 0 Å². The fourth-order valence-electron chi connectivity index (χ4n) is 3.70. The summed E-state index contributed by atoms with van der Waals surface area (Å²) in [5.74, 6) is -0.270. The first-order valence-electron chi connectivity index (χ1n) is 10.1. The lowest BCUT2D eigenvalue weighted by Crippen LogP contribution is -2.42. The molecule has 3 N–H and O–H groups in total. The van der Waals surface area contributed by atoms with Crippen molar-refractivity contribution in [1.82, 2.24) is 20.3 Å². The van der Waals surface area contributed by atoms with Gasteiger partial charge in [0, 0.05) is 32.1 Å². The van der Waals surface area contributed by atoms with Crippen LogP contribution in [-0.2, 0) is 14.4 Å². The highest BCUT2D eigenvalue weighted by molar-refractivity contribution is 5.87. The molecule has 29 heavy (non-hydrogen) atoms. The molecule has 9 nitrogen and oxygen atoms in total. The van der Waals surface area contributed by atoms with E-state index in [0.717, 1.165) is 44.2 Å². The van der Waals surface area contributed by atoms with Crippen LogP contribution in [0.5, 0.6) is 0 Å². The molecule has 1 spiro atoms. The summed E-state index contributed by atoms with van der Waals surface area (Å²) < 4.78 is 0. The molecule has 1 aliphatic carbocycles. The second-order valence-corrected chi connectivity index (χ2v) is 7.80. The Bertz CT molecular complexity index is 681. The predicted molar refractivity (Wildman–Crippen MR) is 107 cm³/mol. The Kier molecular flexibility index (Phi) is 8.50. The Hall–Kier alpha value is -2.55. The first-order valence-corrected chi connectivity index (χ1v) is 10.1. The van der Waals surface area contributed by atoms with Gasteiger partial charge in [-0.1, -0.05) is 19.8 Å². The molecule has 1 saturated heterocycles. The molecule has 2 fully saturated rings. The maximum absolute atomic E-state index is 12.7. The number of amides is 2. The lowest BCUT2D eigenvalue weighted by molar-refractivity contribution is -0.142. The Balaban J connectivity index is 0.000000313. The van der Waals surface area contributed by atoms with Gasteiger partial charge in [0.05, 0.1) is 6.04 Å². The molecular formula is C20H31N5O4. The lowest BCUT2D eigenvalue weighted by atomic mass is 9.96. The monoisotopic (exact) mass is 405 g/mol. The molecule has 2 unspecified atom stereocenters. The van der Waals surface area contributed by atoms with E-state index < -0.39 is 11.8 Å². The molecule has 0 bridgehead atoms. The number of carbonyl (C=O) groups excluding carboxylic acids is 3. The average molecular weight is 405 g/mol. The van der Waals surface area contributed by atoms with Crippen LogP contribution in [0.3, 0.4) is 0 Å². The van der Waals surface area contributed by atoms with Crippen molar-refractivity contribution in [2.24, 2.45) is 11.3 Å². The van der Waals surface area contributed by atoms with Crippen LogP contribution in [0.2, 0.25) is 0 Å². The SMILES string of the molecule is CCCCC(CC(=O)NO)C(=O)N1CC2(CC2)CC1C=O.CNc1ccncn1. The van der Waals surface area contributed by atoms with Crippen molar-refractivity contribution < 1.29 is 19.6 Å². The third kappa shape index (κ3) is 6.49. The molecule has 0 radical (unpaired) electrons. The van der Waals surface area contributed by atoms with Crippen LogP contribution in [0.4, 0.5) is 5.82 Å². The van der Waals surface area contributed by atoms with Crippen LogP contribution in [0.1, 0.15) is 51.9 Å². The highest BCUT2D eigenvalue weighted by atomic mass is 16.5. The van der Waals surface area contributed by atoms with Crippen LogP contribution in [0, 0.1) is 11.3 Å². The number of nitrogens with zero attached hydrogens (tertiary/aromatic N) is 3. The lowest BCUT2D eigenvalue weighted by Gasteiger charge is -2.26. The van der Waals surface area contributed by atoms with Gasteiger partial charge in [-0.2, -0.15) is 0 Å². The molecule has 160 valence electrons. The van der Waals surface area contributed by atoms with Crippen molar-refractivity contribution in [2.45, 2.75) is 57.9 Å². The van der Waals surface area contributed by atoms with Gasteiger partial charge < -0.3 is 15.0 Å². The highest BCUT2D eigenvalue weighted by Crippen LogP contribution is 2.54. The number of hydrogen-bond donors (Lipinski definition) is 3. The van der Waals surface area contributed by atoms with E-state index in [1.165, 1.54) is 6.33 Å². The van der Waals surface area contributed by atoms with Crippen LogP contribution in [-0.4, -0.2) is 57.8 Å². The number of unbranched alkanes of at least 4 members (excludes halogenated alkanes) is 1. The zero-order chi connectivity index (χ0) is 21.3. The van der Waals surface area contributed by atoms with Crippen LogP contribution < -0.4 is 10.8 Å². The minimum absolute atomic E-state index is 0.0234. The van der Waals surface area contributed by atoms with Gasteiger partial charge in [0.1, 0.15) is 18.4 Å². The highest BCUT2D eigenvalue weighted by Gasteiger charge is 2.53. The number of aromatic nitrogens is 2. The second-order valence-electron chi connectivity index (χ2n) is 7.80. The summed E-state index contributed by atoms with van der Waals surface area (Å²) in [6, 6.07) is 1.46. The Labute approximate surface area is 171 Å². The number of carbonyl (C=O) groups is 3. The van der Waals surface area contributed by atoms with E-state index >= 15 is 0 Å². The summed E-state index contributed by atoms with van der Waals surface area (Å²) in [4.78, 5) is 44.6. The normalized spacial score (nSPS) is 19.7. The number of likely N-dealkylation sites (tertiary alicyclic amines) is 1. The third-order valence-corrected chi connectivity index (χ3v) is 5.60. The predicted octanol–water partition coefficient (Wildman–Crippen LogP) is 1.79. The van der Waals surface area contributed by atoms with Crippen molar-refractivity contribution in [1.29, 1.82) is 0 Å². The van der Waals surface area contributed by atoms with Gasteiger partial charge >= 0.3 is 0 Å². The minimum atomic E-state index is -0.549. The largest absolute Gasteiger partial charge is 0.373 e. The summed E-state index contributed by atoms with van der Waals surface area (Å²) in [7, 11) is 1.82. The molecule has 1 aliphatic heterocycles. The number of nitrogens with one attached hydrogen (secondary N) is 2. The maximum atomic E-state index is 12.7. The van der Waals surface area contributed by atoms with E-state index in [-0.39, 0.29) is 23.8 Å². The van der Waals surface area contributed by atoms with E-state index in [4.69, 9.17) is 5.21 Å². The standard InChI is InChI=1S/C15H24N2O4.C5H7N3/c1-2-3-4-11(7-13(19)16-21)14(20)17-10-15(5-6-15)8-12(17)9-18;1-6-5-2-3-7-4-8-5/h9,11-12,21H,2-8,10H2,1H3,(H,16,19);2-4H,1H3,(H,6,7,8). The third-order valence-electron chi connectivity index (χ3n) is 5.60. The van der Waals surface area contributed by atoms with E-state index in [1.54, 1.807) is 22.6 Å². The summed E-state index contributed by atoms with van der Waals surface area (Å²) >= 11 is 0. The fourth-order valence-corrected chi connectivity index (χ4v) is 3.70. The summed E-state index contributed by atoms with van der Waals surface area (Å²) in [6.07, 6.45) is 9.34. The Morgan fingerprint density at radius 2 is 2.21 bits per heavy atom. The number of anilines is 1. The van der Waals surface area contributed by atoms with Gasteiger partial charge in [-0.25, -0.2) is 15.4 Å². The van der Waals surface area contributed by atoms with Crippen molar-refractivity contribution in [3.05, 3.63) is 18.6 Å². The van der Waals surface area contributed by atoms with Crippen molar-refractivity contribution in [3.63, 3.8) is 0 Å². The average Bonchev–Trinajstić information content (AvgIpc) is 3.41. The summed E-state index contributed by atoms with van der Waals surface area (Å²) in [6.45, 7) is 2.66. The first-order chi connectivity index (χ1) is 14.0. The number of hydrogen-bond acceptors (Lipinski definition) is 7. The fraction of sp³-hybridized carbons (Fsp3) is 0.650. The molecule has 2 atom stereocenters. The topological polar surface area (TPSA) is 125 Å². The smallest absolute Gasteiger partial charge is 0.244 e.